The van der Waals surface area contributed by atoms with E-state index in [1.807, 2.05) is 0 Å². The largest absolute Gasteiger partial charge is 0.300 e. The van der Waals surface area contributed by atoms with E-state index in [0.29, 0.717) is 0 Å². The Morgan fingerprint density at radius 2 is 1.73 bits per heavy atom. The van der Waals surface area contributed by atoms with Crippen LogP contribution in [0.4, 0.5) is 0 Å². The van der Waals surface area contributed by atoms with E-state index in [2.05, 4.69) is 35.6 Å². The summed E-state index contributed by atoms with van der Waals surface area (Å²) in [5, 5.41) is 0. The summed E-state index contributed by atoms with van der Waals surface area (Å²) in [5.41, 5.74) is 0.790. The zero-order valence-corrected chi connectivity index (χ0v) is 17.5. The molecular weight excluding hydrogens is 318 g/mol. The Morgan fingerprint density at radius 3 is 2.38 bits per heavy atom. The summed E-state index contributed by atoms with van der Waals surface area (Å²) in [6.45, 7) is 10.6. The molecule has 4 aliphatic heterocycles. The molecule has 4 saturated heterocycles. The van der Waals surface area contributed by atoms with Gasteiger partial charge in [0.2, 0.25) is 0 Å². The first-order valence-electron chi connectivity index (χ1n) is 11.7. The van der Waals surface area contributed by atoms with Gasteiger partial charge in [0, 0.05) is 37.3 Å². The van der Waals surface area contributed by atoms with Gasteiger partial charge in [0.25, 0.3) is 0 Å². The van der Waals surface area contributed by atoms with Crippen LogP contribution in [0.1, 0.15) is 71.6 Å². The van der Waals surface area contributed by atoms with Crippen LogP contribution in [0.5, 0.6) is 0 Å². The van der Waals surface area contributed by atoms with E-state index in [-0.39, 0.29) is 0 Å². The molecule has 1 aliphatic carbocycles. The summed E-state index contributed by atoms with van der Waals surface area (Å²) in [7, 11) is 2.38. The van der Waals surface area contributed by atoms with Crippen molar-refractivity contribution in [2.45, 2.75) is 95.8 Å². The highest BCUT2D eigenvalue weighted by Crippen LogP contribution is 2.53. The molecule has 0 aromatic carbocycles. The van der Waals surface area contributed by atoms with E-state index in [1.54, 1.807) is 0 Å². The fourth-order valence-electron chi connectivity index (χ4n) is 7.26. The molecule has 148 valence electrons. The Labute approximate surface area is 161 Å². The molecule has 1 spiro atoms. The molecule has 0 N–H and O–H groups in total. The average molecular weight is 360 g/mol. The third-order valence-corrected chi connectivity index (χ3v) is 9.32. The molecule has 2 bridgehead atoms. The van der Waals surface area contributed by atoms with Crippen molar-refractivity contribution in [2.24, 2.45) is 17.3 Å². The van der Waals surface area contributed by atoms with Crippen LogP contribution in [0.15, 0.2) is 0 Å². The topological polar surface area (TPSA) is 9.72 Å². The summed E-state index contributed by atoms with van der Waals surface area (Å²) in [4.78, 5) is 8.37. The van der Waals surface area contributed by atoms with Gasteiger partial charge in [0.05, 0.1) is 0 Å². The SMILES string of the molecule is CC(CC1CC2CCC1N2C)N1CCC(CC(C)N2CCC3(CC3)C2)C1. The molecule has 26 heavy (non-hydrogen) atoms. The van der Waals surface area contributed by atoms with Crippen LogP contribution in [-0.4, -0.2) is 72.1 Å². The van der Waals surface area contributed by atoms with Crippen molar-refractivity contribution in [3.63, 3.8) is 0 Å². The second-order valence-electron chi connectivity index (χ2n) is 11.0. The minimum absolute atomic E-state index is 0.790. The standard InChI is InChI=1S/C23H41N3/c1-17(26-11-9-23(16-26)7-8-23)12-19-6-10-25(15-19)18(2)13-20-14-21-4-5-22(20)24(21)3/h17-22H,4-16H2,1-3H3. The van der Waals surface area contributed by atoms with E-state index in [9.17, 15) is 0 Å². The second-order valence-corrected chi connectivity index (χ2v) is 11.0. The second kappa shape index (κ2) is 6.74. The van der Waals surface area contributed by atoms with E-state index in [1.165, 1.54) is 84.0 Å². The summed E-state index contributed by atoms with van der Waals surface area (Å²) in [5.74, 6) is 1.93. The zero-order valence-electron chi connectivity index (χ0n) is 17.5. The quantitative estimate of drug-likeness (QED) is 0.713. The number of nitrogens with zero attached hydrogens (tertiary/aromatic N) is 3. The van der Waals surface area contributed by atoms with Crippen LogP contribution in [-0.2, 0) is 0 Å². The number of hydrogen-bond donors (Lipinski definition) is 0. The predicted octanol–water partition coefficient (Wildman–Crippen LogP) is 3.83. The van der Waals surface area contributed by atoms with Crippen LogP contribution >= 0.6 is 0 Å². The van der Waals surface area contributed by atoms with Crippen molar-refractivity contribution >= 4 is 0 Å². The van der Waals surface area contributed by atoms with Gasteiger partial charge in [-0.3, -0.25) is 0 Å². The zero-order chi connectivity index (χ0) is 17.9. The van der Waals surface area contributed by atoms with Crippen LogP contribution < -0.4 is 0 Å². The summed E-state index contributed by atoms with van der Waals surface area (Å²) in [6, 6.07) is 3.44. The van der Waals surface area contributed by atoms with E-state index >= 15 is 0 Å². The third kappa shape index (κ3) is 3.26. The molecular formula is C23H41N3. The molecule has 1 saturated carbocycles. The van der Waals surface area contributed by atoms with Crippen LogP contribution in [0.2, 0.25) is 0 Å². The molecule has 5 rings (SSSR count). The minimum atomic E-state index is 0.790. The lowest BCUT2D eigenvalue weighted by Crippen LogP contribution is -2.36. The lowest BCUT2D eigenvalue weighted by atomic mass is 9.84. The van der Waals surface area contributed by atoms with Gasteiger partial charge in [0.15, 0.2) is 0 Å². The maximum Gasteiger partial charge on any atom is 0.0125 e. The maximum atomic E-state index is 2.84. The number of fused-ring (bicyclic) bond motifs is 2. The number of rotatable bonds is 6. The molecule has 0 aromatic rings. The fraction of sp³-hybridized carbons (Fsp3) is 1.00. The summed E-state index contributed by atoms with van der Waals surface area (Å²) < 4.78 is 0. The fourth-order valence-corrected chi connectivity index (χ4v) is 7.26. The molecule has 3 heteroatoms. The monoisotopic (exact) mass is 359 g/mol. The minimum Gasteiger partial charge on any atom is -0.300 e. The molecule has 3 nitrogen and oxygen atoms in total. The van der Waals surface area contributed by atoms with Gasteiger partial charge in [-0.15, -0.1) is 0 Å². The van der Waals surface area contributed by atoms with Gasteiger partial charge in [-0.2, -0.15) is 0 Å². The van der Waals surface area contributed by atoms with E-state index < -0.39 is 0 Å². The molecule has 6 unspecified atom stereocenters. The highest BCUT2D eigenvalue weighted by Gasteiger charge is 2.48. The first kappa shape index (κ1) is 17.9. The highest BCUT2D eigenvalue weighted by molar-refractivity contribution is 5.02. The van der Waals surface area contributed by atoms with Crippen LogP contribution in [0.25, 0.3) is 0 Å². The van der Waals surface area contributed by atoms with Gasteiger partial charge in [0.1, 0.15) is 0 Å². The molecule has 0 radical (unpaired) electrons. The first-order chi connectivity index (χ1) is 12.5. The Morgan fingerprint density at radius 1 is 0.923 bits per heavy atom. The lowest BCUT2D eigenvalue weighted by Gasteiger charge is -2.31. The van der Waals surface area contributed by atoms with E-state index in [4.69, 9.17) is 0 Å². The normalized spacial score (nSPS) is 42.1. The van der Waals surface area contributed by atoms with Gasteiger partial charge in [-0.25, -0.2) is 0 Å². The Hall–Kier alpha value is -0.120. The van der Waals surface area contributed by atoms with Gasteiger partial charge < -0.3 is 14.7 Å². The molecule has 0 aromatic heterocycles. The Balaban J connectivity index is 1.08. The maximum absolute atomic E-state index is 2.84. The van der Waals surface area contributed by atoms with Crippen molar-refractivity contribution in [3.8, 4) is 0 Å². The summed E-state index contributed by atoms with van der Waals surface area (Å²) >= 11 is 0. The number of likely N-dealkylation sites (tertiary alicyclic amines) is 2. The predicted molar refractivity (Wildman–Crippen MR) is 108 cm³/mol. The van der Waals surface area contributed by atoms with Crippen molar-refractivity contribution in [1.82, 2.24) is 14.7 Å². The van der Waals surface area contributed by atoms with Crippen molar-refractivity contribution < 1.29 is 0 Å². The molecule has 6 atom stereocenters. The highest BCUT2D eigenvalue weighted by atomic mass is 15.2. The lowest BCUT2D eigenvalue weighted by molar-refractivity contribution is 0.179. The first-order valence-corrected chi connectivity index (χ1v) is 11.7. The molecule has 0 amide bonds. The van der Waals surface area contributed by atoms with Crippen molar-refractivity contribution in [1.29, 1.82) is 0 Å². The number of hydrogen-bond acceptors (Lipinski definition) is 3. The average Bonchev–Trinajstić information content (AvgIpc) is 2.99. The van der Waals surface area contributed by atoms with Gasteiger partial charge in [-0.1, -0.05) is 0 Å². The van der Waals surface area contributed by atoms with Crippen molar-refractivity contribution in [3.05, 3.63) is 0 Å². The van der Waals surface area contributed by atoms with Gasteiger partial charge in [-0.05, 0) is 109 Å². The third-order valence-electron chi connectivity index (χ3n) is 9.32. The van der Waals surface area contributed by atoms with Gasteiger partial charge >= 0.3 is 0 Å². The molecule has 5 aliphatic rings. The molecule has 4 heterocycles. The Bertz CT molecular complexity index is 516. The Kier molecular flexibility index (Phi) is 4.65. The molecule has 5 fully saturated rings. The summed E-state index contributed by atoms with van der Waals surface area (Å²) in [6.07, 6.45) is 13.3. The van der Waals surface area contributed by atoms with Crippen molar-refractivity contribution in [2.75, 3.05) is 33.2 Å². The van der Waals surface area contributed by atoms with Crippen LogP contribution in [0, 0.1) is 17.3 Å². The smallest absolute Gasteiger partial charge is 0.0125 e. The van der Waals surface area contributed by atoms with Crippen LogP contribution in [0.3, 0.4) is 0 Å². The van der Waals surface area contributed by atoms with E-state index in [0.717, 1.165) is 41.4 Å².